The minimum atomic E-state index is -0.986. The maximum atomic E-state index is 13.0. The summed E-state index contributed by atoms with van der Waals surface area (Å²) in [5, 5.41) is 14.7. The highest BCUT2D eigenvalue weighted by Crippen LogP contribution is 2.26. The summed E-state index contributed by atoms with van der Waals surface area (Å²) in [6.45, 7) is 4.34. The lowest BCUT2D eigenvalue weighted by molar-refractivity contribution is -0.141. The van der Waals surface area contributed by atoms with E-state index in [1.807, 2.05) is 31.3 Å². The van der Waals surface area contributed by atoms with Gasteiger partial charge in [0, 0.05) is 45.1 Å². The zero-order valence-electron chi connectivity index (χ0n) is 23.8. The lowest BCUT2D eigenvalue weighted by atomic mass is 10.1. The Hall–Kier alpha value is -4.45. The Bertz CT molecular complexity index is 1260. The van der Waals surface area contributed by atoms with E-state index in [0.29, 0.717) is 42.3 Å². The molecular weight excluding hydrogens is 528 g/mol. The van der Waals surface area contributed by atoms with Crippen molar-refractivity contribution in [2.45, 2.75) is 26.2 Å². The number of para-hydroxylation sites is 1. The topological polar surface area (TPSA) is 144 Å². The number of carbonyl (C=O) groups excluding carboxylic acids is 3. The van der Waals surface area contributed by atoms with E-state index in [4.69, 9.17) is 9.84 Å². The van der Waals surface area contributed by atoms with Crippen LogP contribution in [0.3, 0.4) is 0 Å². The van der Waals surface area contributed by atoms with Crippen molar-refractivity contribution in [2.75, 3.05) is 64.2 Å². The molecule has 12 heteroatoms. The molecule has 0 radical (unpaired) electrons. The molecule has 2 aromatic carbocycles. The zero-order valence-corrected chi connectivity index (χ0v) is 23.8. The van der Waals surface area contributed by atoms with Crippen molar-refractivity contribution in [3.63, 3.8) is 0 Å². The summed E-state index contributed by atoms with van der Waals surface area (Å²) < 4.78 is 5.43. The quantitative estimate of drug-likeness (QED) is 0.319. The number of aliphatic carboxylic acids is 1. The number of nitrogens with one attached hydrogen (secondary N) is 2. The first-order valence-electron chi connectivity index (χ1n) is 13.4. The van der Waals surface area contributed by atoms with Gasteiger partial charge in [-0.15, -0.1) is 0 Å². The van der Waals surface area contributed by atoms with E-state index in [2.05, 4.69) is 20.5 Å². The molecule has 12 nitrogen and oxygen atoms in total. The first-order valence-corrected chi connectivity index (χ1v) is 13.4. The molecule has 3 N–H and O–H groups in total. The normalized spacial score (nSPS) is 12.6. The number of carboxylic acids is 1. The number of amides is 4. The van der Waals surface area contributed by atoms with Crippen LogP contribution in [0.2, 0.25) is 0 Å². The number of benzene rings is 2. The summed E-state index contributed by atoms with van der Waals surface area (Å²) >= 11 is 0. The van der Waals surface area contributed by atoms with Crippen LogP contribution in [0.1, 0.15) is 24.0 Å². The van der Waals surface area contributed by atoms with E-state index in [1.165, 1.54) is 16.9 Å². The van der Waals surface area contributed by atoms with E-state index in [9.17, 15) is 19.2 Å². The fraction of sp³-hybridized carbons (Fsp3) is 0.414. The number of urea groups is 1. The van der Waals surface area contributed by atoms with Crippen LogP contribution in [0.25, 0.3) is 0 Å². The molecule has 2 aromatic rings. The van der Waals surface area contributed by atoms with Crippen LogP contribution < -0.4 is 15.4 Å². The van der Waals surface area contributed by atoms with Gasteiger partial charge in [0.05, 0.1) is 38.9 Å². The van der Waals surface area contributed by atoms with E-state index >= 15 is 0 Å². The van der Waals surface area contributed by atoms with Crippen molar-refractivity contribution in [1.29, 1.82) is 0 Å². The highest BCUT2D eigenvalue weighted by Gasteiger charge is 2.21. The van der Waals surface area contributed by atoms with Crippen LogP contribution in [0, 0.1) is 6.92 Å². The number of methoxy groups -OCH3 is 1. The number of aliphatic imine (C=N–C) groups is 1. The largest absolute Gasteiger partial charge is 0.495 e. The lowest BCUT2D eigenvalue weighted by Crippen LogP contribution is -2.43. The lowest BCUT2D eigenvalue weighted by Gasteiger charge is -2.26. The molecule has 4 amide bonds. The van der Waals surface area contributed by atoms with Crippen molar-refractivity contribution < 1.29 is 29.0 Å². The van der Waals surface area contributed by atoms with Gasteiger partial charge in [-0.25, -0.2) is 4.79 Å². The van der Waals surface area contributed by atoms with Crippen molar-refractivity contribution in [1.82, 2.24) is 14.7 Å². The monoisotopic (exact) mass is 566 g/mol. The maximum Gasteiger partial charge on any atom is 0.323 e. The van der Waals surface area contributed by atoms with Crippen molar-refractivity contribution in [3.05, 3.63) is 53.6 Å². The molecule has 1 heterocycles. The number of anilines is 2. The fourth-order valence-corrected chi connectivity index (χ4v) is 4.28. The van der Waals surface area contributed by atoms with Gasteiger partial charge in [-0.3, -0.25) is 24.3 Å². The second-order valence-corrected chi connectivity index (χ2v) is 9.82. The van der Waals surface area contributed by atoms with Gasteiger partial charge in [0.25, 0.3) is 0 Å². The molecule has 0 fully saturated rings. The summed E-state index contributed by atoms with van der Waals surface area (Å²) in [5.74, 6) is -1.20. The fourth-order valence-electron chi connectivity index (χ4n) is 4.28. The van der Waals surface area contributed by atoms with E-state index in [0.717, 1.165) is 18.7 Å². The summed E-state index contributed by atoms with van der Waals surface area (Å²) in [4.78, 5) is 58.7. The molecule has 1 aliphatic heterocycles. The summed E-state index contributed by atoms with van der Waals surface area (Å²) in [5.41, 5.74) is 2.69. The van der Waals surface area contributed by atoms with Crippen LogP contribution in [0.15, 0.2) is 47.5 Å². The van der Waals surface area contributed by atoms with Crippen LogP contribution in [-0.4, -0.2) is 103 Å². The number of rotatable bonds is 14. The Morgan fingerprint density at radius 2 is 1.80 bits per heavy atom. The predicted molar refractivity (Wildman–Crippen MR) is 157 cm³/mol. The Balaban J connectivity index is 1.55. The Kier molecular flexibility index (Phi) is 11.6. The minimum absolute atomic E-state index is 0.0138. The minimum Gasteiger partial charge on any atom is -0.495 e. The number of carbonyl (C=O) groups is 4. The van der Waals surface area contributed by atoms with Crippen LogP contribution >= 0.6 is 0 Å². The number of likely N-dealkylation sites (N-methyl/N-ethyl adjacent to an activating group) is 1. The van der Waals surface area contributed by atoms with Crippen LogP contribution in [0.5, 0.6) is 5.75 Å². The third-order valence-corrected chi connectivity index (χ3v) is 6.66. The molecular formula is C29H38N6O6. The number of ether oxygens (including phenoxy) is 1. The van der Waals surface area contributed by atoms with Gasteiger partial charge in [-0.2, -0.15) is 0 Å². The molecule has 0 aliphatic carbocycles. The second kappa shape index (κ2) is 15.4. The zero-order chi connectivity index (χ0) is 29.8. The number of hydrogen-bond acceptors (Lipinski definition) is 7. The highest BCUT2D eigenvalue weighted by atomic mass is 16.5. The molecule has 0 saturated carbocycles. The highest BCUT2D eigenvalue weighted by molar-refractivity contribution is 6.01. The van der Waals surface area contributed by atoms with Gasteiger partial charge in [-0.1, -0.05) is 24.3 Å². The second-order valence-electron chi connectivity index (χ2n) is 9.82. The van der Waals surface area contributed by atoms with E-state index < -0.39 is 12.0 Å². The van der Waals surface area contributed by atoms with E-state index in [1.54, 1.807) is 31.3 Å². The third kappa shape index (κ3) is 9.91. The maximum absolute atomic E-state index is 13.0. The number of aryl methyl sites for hydroxylation is 1. The number of hydrogen-bond donors (Lipinski definition) is 3. The molecule has 0 bridgehead atoms. The Labute approximate surface area is 240 Å². The predicted octanol–water partition coefficient (Wildman–Crippen LogP) is 2.69. The molecule has 3 rings (SSSR count). The first-order chi connectivity index (χ1) is 19.7. The summed E-state index contributed by atoms with van der Waals surface area (Å²) in [6, 6.07) is 12.0. The molecule has 0 unspecified atom stereocenters. The SMILES string of the molecule is COc1cc(CC(=O)N(C)CC(=O)N(CCCN2CC=NC2)CCC(=O)O)ccc1NC(=O)Nc1ccccc1C. The molecule has 0 spiro atoms. The Morgan fingerprint density at radius 3 is 2.49 bits per heavy atom. The van der Waals surface area contributed by atoms with Crippen molar-refractivity contribution in [2.24, 2.45) is 4.99 Å². The summed E-state index contributed by atoms with van der Waals surface area (Å²) in [7, 11) is 3.01. The van der Waals surface area contributed by atoms with E-state index in [-0.39, 0.29) is 37.7 Å². The van der Waals surface area contributed by atoms with Crippen LogP contribution in [0.4, 0.5) is 16.2 Å². The molecule has 41 heavy (non-hydrogen) atoms. The first kappa shape index (κ1) is 31.1. The average Bonchev–Trinajstić information content (AvgIpc) is 3.46. The van der Waals surface area contributed by atoms with Crippen molar-refractivity contribution in [3.8, 4) is 5.75 Å². The molecule has 220 valence electrons. The van der Waals surface area contributed by atoms with Gasteiger partial charge in [0.1, 0.15) is 5.75 Å². The van der Waals surface area contributed by atoms with Gasteiger partial charge >= 0.3 is 12.0 Å². The number of nitrogens with zero attached hydrogens (tertiary/aromatic N) is 4. The van der Waals surface area contributed by atoms with Crippen molar-refractivity contribution >= 4 is 41.4 Å². The molecule has 1 aliphatic rings. The number of carboxylic acid groups (broad SMARTS) is 1. The van der Waals surface area contributed by atoms with Gasteiger partial charge in [0.15, 0.2) is 0 Å². The van der Waals surface area contributed by atoms with Gasteiger partial charge < -0.3 is 30.3 Å². The molecule has 0 atom stereocenters. The average molecular weight is 567 g/mol. The van der Waals surface area contributed by atoms with Crippen LogP contribution in [-0.2, 0) is 20.8 Å². The standard InChI is InChI=1S/C29H38N6O6/c1-21-7-4-5-8-23(21)31-29(40)32-24-10-9-22(17-25(24)41-3)18-26(36)33(2)19-27(37)35(15-11-28(38)39)14-6-13-34-16-12-30-20-34/h4-5,7-10,12,17H,6,11,13-16,18-20H2,1-3H3,(H,38,39)(H2,31,32,40). The smallest absolute Gasteiger partial charge is 0.323 e. The summed E-state index contributed by atoms with van der Waals surface area (Å²) in [6.07, 6.45) is 2.37. The van der Waals surface area contributed by atoms with Gasteiger partial charge in [-0.05, 0) is 42.7 Å². The van der Waals surface area contributed by atoms with Gasteiger partial charge in [0.2, 0.25) is 11.8 Å². The molecule has 0 aromatic heterocycles. The third-order valence-electron chi connectivity index (χ3n) is 6.66. The Morgan fingerprint density at radius 1 is 1.05 bits per heavy atom. The molecule has 0 saturated heterocycles.